The fraction of sp³-hybridized carbons (Fsp3) is 0.588. The Hall–Kier alpha value is -1.15. The molecule has 1 unspecified atom stereocenters. The first kappa shape index (κ1) is 15.9. The van der Waals surface area contributed by atoms with Crippen molar-refractivity contribution in [2.24, 2.45) is 0 Å². The summed E-state index contributed by atoms with van der Waals surface area (Å²) in [4.78, 5) is 14.5. The molecule has 0 amide bonds. The van der Waals surface area contributed by atoms with Gasteiger partial charge in [0.15, 0.2) is 5.78 Å². The van der Waals surface area contributed by atoms with E-state index in [-0.39, 0.29) is 5.78 Å². The van der Waals surface area contributed by atoms with Crippen molar-refractivity contribution in [3.63, 3.8) is 0 Å². The van der Waals surface area contributed by atoms with Crippen LogP contribution in [0.25, 0.3) is 0 Å². The molecule has 0 aliphatic rings. The molecule has 0 heterocycles. The predicted molar refractivity (Wildman–Crippen MR) is 81.8 cm³/mol. The van der Waals surface area contributed by atoms with Gasteiger partial charge in [-0.1, -0.05) is 51.5 Å². The zero-order valence-corrected chi connectivity index (χ0v) is 12.8. The number of ketones is 1. The van der Waals surface area contributed by atoms with Crippen LogP contribution in [0, 0.1) is 0 Å². The van der Waals surface area contributed by atoms with Crippen molar-refractivity contribution in [1.82, 2.24) is 4.90 Å². The van der Waals surface area contributed by atoms with Crippen molar-refractivity contribution < 1.29 is 4.79 Å². The maximum atomic E-state index is 12.3. The Balaban J connectivity index is 2.66. The van der Waals surface area contributed by atoms with E-state index in [0.717, 1.165) is 31.4 Å². The van der Waals surface area contributed by atoms with Crippen molar-refractivity contribution in [1.29, 1.82) is 0 Å². The van der Waals surface area contributed by atoms with E-state index < -0.39 is 0 Å². The van der Waals surface area contributed by atoms with Crippen LogP contribution in [0.3, 0.4) is 0 Å². The summed E-state index contributed by atoms with van der Waals surface area (Å²) >= 11 is 0. The number of hydrogen-bond donors (Lipinski definition) is 0. The molecule has 1 atom stereocenters. The van der Waals surface area contributed by atoms with E-state index in [4.69, 9.17) is 0 Å². The van der Waals surface area contributed by atoms with Gasteiger partial charge in [-0.05, 0) is 31.9 Å². The van der Waals surface area contributed by atoms with Crippen molar-refractivity contribution >= 4 is 5.78 Å². The second kappa shape index (κ2) is 8.11. The lowest BCUT2D eigenvalue weighted by Crippen LogP contribution is -2.36. The molecule has 0 bridgehead atoms. The summed E-state index contributed by atoms with van der Waals surface area (Å²) in [7, 11) is 0. The van der Waals surface area contributed by atoms with Gasteiger partial charge in [-0.3, -0.25) is 9.69 Å². The highest BCUT2D eigenvalue weighted by atomic mass is 16.1. The van der Waals surface area contributed by atoms with Crippen LogP contribution in [0.5, 0.6) is 0 Å². The van der Waals surface area contributed by atoms with E-state index in [0.29, 0.717) is 12.6 Å². The lowest BCUT2D eigenvalue weighted by molar-refractivity contribution is 0.0902. The highest BCUT2D eigenvalue weighted by Gasteiger charge is 2.15. The first-order valence-corrected chi connectivity index (χ1v) is 7.48. The Bertz CT molecular complexity index is 383. The quantitative estimate of drug-likeness (QED) is 0.661. The van der Waals surface area contributed by atoms with Crippen LogP contribution in [0.1, 0.15) is 56.5 Å². The number of benzene rings is 1. The molecule has 0 aliphatic carbocycles. The predicted octanol–water partition coefficient (Wildman–Crippen LogP) is 3.94. The molecule has 1 rings (SSSR count). The number of hydrogen-bond acceptors (Lipinski definition) is 2. The van der Waals surface area contributed by atoms with Crippen LogP contribution in [0.4, 0.5) is 0 Å². The van der Waals surface area contributed by atoms with Gasteiger partial charge in [0.05, 0.1) is 6.54 Å². The summed E-state index contributed by atoms with van der Waals surface area (Å²) in [5, 5.41) is 0. The lowest BCUT2D eigenvalue weighted by Gasteiger charge is -2.26. The maximum absolute atomic E-state index is 12.3. The van der Waals surface area contributed by atoms with E-state index in [9.17, 15) is 4.79 Å². The third-order valence-electron chi connectivity index (χ3n) is 3.78. The monoisotopic (exact) mass is 261 g/mol. The van der Waals surface area contributed by atoms with Gasteiger partial charge in [-0.2, -0.15) is 0 Å². The number of Topliss-reactive ketones (excluding diaryl/α,β-unsaturated/α-hetero) is 1. The zero-order chi connectivity index (χ0) is 14.3. The Morgan fingerprint density at radius 2 is 1.79 bits per heavy atom. The molecule has 2 nitrogen and oxygen atoms in total. The molecule has 0 fully saturated rings. The number of carbonyl (C=O) groups is 1. The van der Waals surface area contributed by atoms with Gasteiger partial charge in [0.2, 0.25) is 0 Å². The largest absolute Gasteiger partial charge is 0.293 e. The first-order chi connectivity index (χ1) is 9.12. The van der Waals surface area contributed by atoms with Crippen LogP contribution in [0.2, 0.25) is 0 Å². The number of carbonyl (C=O) groups excluding carboxylic acids is 1. The summed E-state index contributed by atoms with van der Waals surface area (Å²) in [5.74, 6) is 0.227. The molecule has 0 N–H and O–H groups in total. The average Bonchev–Trinajstić information content (AvgIpc) is 2.44. The molecule has 1 aromatic carbocycles. The highest BCUT2D eigenvalue weighted by molar-refractivity contribution is 5.97. The van der Waals surface area contributed by atoms with Gasteiger partial charge in [-0.25, -0.2) is 0 Å². The molecule has 0 saturated heterocycles. The number of rotatable bonds is 8. The second-order valence-corrected chi connectivity index (χ2v) is 5.19. The Kier molecular flexibility index (Phi) is 6.79. The molecule has 0 radical (unpaired) electrons. The minimum Gasteiger partial charge on any atom is -0.293 e. The first-order valence-electron chi connectivity index (χ1n) is 7.48. The molecule has 0 aliphatic heterocycles. The molecule has 0 saturated carbocycles. The molecule has 1 aromatic rings. The van der Waals surface area contributed by atoms with Crippen molar-refractivity contribution in [3.05, 3.63) is 35.4 Å². The minimum atomic E-state index is 0.227. The van der Waals surface area contributed by atoms with Gasteiger partial charge < -0.3 is 0 Å². The Morgan fingerprint density at radius 3 is 2.26 bits per heavy atom. The average molecular weight is 261 g/mol. The lowest BCUT2D eigenvalue weighted by atomic mass is 10.0. The van der Waals surface area contributed by atoms with Crippen molar-refractivity contribution in [2.45, 2.75) is 53.0 Å². The standard InChI is InChI=1S/C17H27NO/c1-5-8-15-9-11-16(12-10-15)17(19)13-18(7-3)14(4)6-2/h9-12,14H,5-8,13H2,1-4H3. The highest BCUT2D eigenvalue weighted by Crippen LogP contribution is 2.10. The topological polar surface area (TPSA) is 20.3 Å². The third-order valence-corrected chi connectivity index (χ3v) is 3.78. The molecule has 2 heteroatoms. The van der Waals surface area contributed by atoms with Gasteiger partial charge in [0.25, 0.3) is 0 Å². The van der Waals surface area contributed by atoms with E-state index in [1.54, 1.807) is 0 Å². The minimum absolute atomic E-state index is 0.227. The van der Waals surface area contributed by atoms with Crippen LogP contribution >= 0.6 is 0 Å². The maximum Gasteiger partial charge on any atom is 0.176 e. The van der Waals surface area contributed by atoms with Crippen molar-refractivity contribution in [2.75, 3.05) is 13.1 Å². The van der Waals surface area contributed by atoms with E-state index in [2.05, 4.69) is 44.7 Å². The fourth-order valence-corrected chi connectivity index (χ4v) is 2.26. The summed E-state index contributed by atoms with van der Waals surface area (Å²) in [6.45, 7) is 10.1. The van der Waals surface area contributed by atoms with Crippen LogP contribution in [-0.4, -0.2) is 29.8 Å². The SMILES string of the molecule is CCCc1ccc(C(=O)CN(CC)C(C)CC)cc1. The zero-order valence-electron chi connectivity index (χ0n) is 12.8. The fourth-order valence-electron chi connectivity index (χ4n) is 2.26. The van der Waals surface area contributed by atoms with Crippen LogP contribution in [-0.2, 0) is 6.42 Å². The number of nitrogens with zero attached hydrogens (tertiary/aromatic N) is 1. The molecule has 19 heavy (non-hydrogen) atoms. The van der Waals surface area contributed by atoms with Crippen molar-refractivity contribution in [3.8, 4) is 0 Å². The smallest absolute Gasteiger partial charge is 0.176 e. The van der Waals surface area contributed by atoms with Gasteiger partial charge in [0, 0.05) is 11.6 Å². The van der Waals surface area contributed by atoms with Gasteiger partial charge in [-0.15, -0.1) is 0 Å². The Morgan fingerprint density at radius 1 is 1.16 bits per heavy atom. The van der Waals surface area contributed by atoms with E-state index >= 15 is 0 Å². The summed E-state index contributed by atoms with van der Waals surface area (Å²) in [6, 6.07) is 8.57. The number of aryl methyl sites for hydroxylation is 1. The number of likely N-dealkylation sites (N-methyl/N-ethyl adjacent to an activating group) is 1. The van der Waals surface area contributed by atoms with E-state index in [1.165, 1.54) is 5.56 Å². The normalized spacial score (nSPS) is 12.7. The van der Waals surface area contributed by atoms with Crippen LogP contribution < -0.4 is 0 Å². The van der Waals surface area contributed by atoms with E-state index in [1.807, 2.05) is 12.1 Å². The van der Waals surface area contributed by atoms with Gasteiger partial charge >= 0.3 is 0 Å². The summed E-state index contributed by atoms with van der Waals surface area (Å²) in [6.07, 6.45) is 3.31. The molecule has 0 aromatic heterocycles. The molecular weight excluding hydrogens is 234 g/mol. The second-order valence-electron chi connectivity index (χ2n) is 5.19. The van der Waals surface area contributed by atoms with Crippen LogP contribution in [0.15, 0.2) is 24.3 Å². The molecule has 0 spiro atoms. The molecular formula is C17H27NO. The summed E-state index contributed by atoms with van der Waals surface area (Å²) in [5.41, 5.74) is 2.15. The summed E-state index contributed by atoms with van der Waals surface area (Å²) < 4.78 is 0. The Labute approximate surface area is 117 Å². The third kappa shape index (κ3) is 4.79. The van der Waals surface area contributed by atoms with Gasteiger partial charge in [0.1, 0.15) is 0 Å². The molecule has 106 valence electrons.